The molecule has 2 aromatic rings. The average molecular weight is 262 g/mol. The van der Waals surface area contributed by atoms with E-state index in [1.807, 2.05) is 0 Å². The van der Waals surface area contributed by atoms with E-state index in [2.05, 4.69) is 0 Å². The number of carbonyl (C=O) groups is 1. The van der Waals surface area contributed by atoms with Gasteiger partial charge in [0, 0.05) is 12.0 Å². The minimum absolute atomic E-state index is 0.0186. The summed E-state index contributed by atoms with van der Waals surface area (Å²) in [4.78, 5) is 12.0. The van der Waals surface area contributed by atoms with Crippen molar-refractivity contribution >= 4 is 5.78 Å². The third-order valence-electron chi connectivity index (χ3n) is 2.73. The van der Waals surface area contributed by atoms with E-state index >= 15 is 0 Å². The molecular weight excluding hydrogens is 250 g/mol. The van der Waals surface area contributed by atoms with Gasteiger partial charge in [-0.2, -0.15) is 0 Å². The van der Waals surface area contributed by atoms with Crippen molar-refractivity contribution in [2.45, 2.75) is 6.42 Å². The number of halogens is 2. The van der Waals surface area contributed by atoms with E-state index in [0.717, 1.165) is 0 Å². The standard InChI is InChI=1S/C15H12F2O2/c1-19-15-9-11(5-6-13(15)17)14(18)8-10-3-2-4-12(16)7-10/h2-7,9H,8H2,1H3. The van der Waals surface area contributed by atoms with Gasteiger partial charge in [-0.1, -0.05) is 12.1 Å². The van der Waals surface area contributed by atoms with Gasteiger partial charge in [0.05, 0.1) is 7.11 Å². The molecule has 2 rings (SSSR count). The molecule has 2 nitrogen and oxygen atoms in total. The van der Waals surface area contributed by atoms with Gasteiger partial charge in [-0.25, -0.2) is 8.78 Å². The van der Waals surface area contributed by atoms with Crippen LogP contribution in [0.1, 0.15) is 15.9 Å². The van der Waals surface area contributed by atoms with Gasteiger partial charge in [0.1, 0.15) is 5.82 Å². The predicted octanol–water partition coefficient (Wildman–Crippen LogP) is 3.40. The van der Waals surface area contributed by atoms with Crippen molar-refractivity contribution in [3.05, 3.63) is 65.2 Å². The van der Waals surface area contributed by atoms with Crippen LogP contribution < -0.4 is 4.74 Å². The lowest BCUT2D eigenvalue weighted by atomic mass is 10.0. The Bertz CT molecular complexity index is 609. The maximum atomic E-state index is 13.2. The Morgan fingerprint density at radius 2 is 1.95 bits per heavy atom. The molecule has 0 atom stereocenters. The number of hydrogen-bond donors (Lipinski definition) is 0. The minimum Gasteiger partial charge on any atom is -0.494 e. The number of benzene rings is 2. The molecule has 0 aromatic heterocycles. The van der Waals surface area contributed by atoms with Gasteiger partial charge in [0.15, 0.2) is 17.3 Å². The van der Waals surface area contributed by atoms with E-state index in [1.54, 1.807) is 12.1 Å². The Hall–Kier alpha value is -2.23. The molecule has 0 bridgehead atoms. The fourth-order valence-electron chi connectivity index (χ4n) is 1.77. The van der Waals surface area contributed by atoms with Crippen molar-refractivity contribution in [3.63, 3.8) is 0 Å². The maximum Gasteiger partial charge on any atom is 0.167 e. The first kappa shape index (κ1) is 13.2. The molecule has 0 radical (unpaired) electrons. The molecule has 0 saturated carbocycles. The lowest BCUT2D eigenvalue weighted by Crippen LogP contribution is -2.04. The van der Waals surface area contributed by atoms with Crippen molar-refractivity contribution in [3.8, 4) is 5.75 Å². The van der Waals surface area contributed by atoms with Crippen LogP contribution in [0.15, 0.2) is 42.5 Å². The number of hydrogen-bond acceptors (Lipinski definition) is 2. The second-order valence-electron chi connectivity index (χ2n) is 4.08. The van der Waals surface area contributed by atoms with Crippen molar-refractivity contribution < 1.29 is 18.3 Å². The summed E-state index contributed by atoms with van der Waals surface area (Å²) in [6.07, 6.45) is 0.0621. The Morgan fingerprint density at radius 1 is 1.16 bits per heavy atom. The van der Waals surface area contributed by atoms with Crippen molar-refractivity contribution in [2.24, 2.45) is 0 Å². The lowest BCUT2D eigenvalue weighted by molar-refractivity contribution is 0.0992. The van der Waals surface area contributed by atoms with Crippen LogP contribution in [0.4, 0.5) is 8.78 Å². The second kappa shape index (κ2) is 5.61. The van der Waals surface area contributed by atoms with Gasteiger partial charge < -0.3 is 4.74 Å². The van der Waals surface area contributed by atoms with Crippen LogP contribution in [-0.2, 0) is 6.42 Å². The number of carbonyl (C=O) groups excluding carboxylic acids is 1. The molecule has 4 heteroatoms. The zero-order valence-corrected chi connectivity index (χ0v) is 10.3. The first-order valence-electron chi connectivity index (χ1n) is 5.71. The van der Waals surface area contributed by atoms with E-state index in [9.17, 15) is 13.6 Å². The van der Waals surface area contributed by atoms with Crippen molar-refractivity contribution in [2.75, 3.05) is 7.11 Å². The third-order valence-corrected chi connectivity index (χ3v) is 2.73. The summed E-state index contributed by atoms with van der Waals surface area (Å²) in [6.45, 7) is 0. The van der Waals surface area contributed by atoms with E-state index in [4.69, 9.17) is 4.74 Å². The number of methoxy groups -OCH3 is 1. The molecule has 0 unspecified atom stereocenters. The first-order valence-corrected chi connectivity index (χ1v) is 5.71. The van der Waals surface area contributed by atoms with Crippen molar-refractivity contribution in [1.29, 1.82) is 0 Å². The molecule has 19 heavy (non-hydrogen) atoms. The topological polar surface area (TPSA) is 26.3 Å². The molecule has 0 fully saturated rings. The molecule has 0 amide bonds. The van der Waals surface area contributed by atoms with Crippen LogP contribution in [0.2, 0.25) is 0 Å². The highest BCUT2D eigenvalue weighted by Crippen LogP contribution is 2.19. The number of rotatable bonds is 4. The van der Waals surface area contributed by atoms with Gasteiger partial charge in [0.25, 0.3) is 0 Å². The van der Waals surface area contributed by atoms with Crippen LogP contribution >= 0.6 is 0 Å². The number of ether oxygens (including phenoxy) is 1. The highest BCUT2D eigenvalue weighted by molar-refractivity contribution is 5.97. The Labute approximate surface area is 109 Å². The Kier molecular flexibility index (Phi) is 3.90. The van der Waals surface area contributed by atoms with Crippen LogP contribution in [0.25, 0.3) is 0 Å². The van der Waals surface area contributed by atoms with Gasteiger partial charge in [-0.05, 0) is 35.9 Å². The van der Waals surface area contributed by atoms with Crippen LogP contribution in [0, 0.1) is 11.6 Å². The van der Waals surface area contributed by atoms with E-state index in [0.29, 0.717) is 11.1 Å². The zero-order chi connectivity index (χ0) is 13.8. The van der Waals surface area contributed by atoms with E-state index < -0.39 is 5.82 Å². The summed E-state index contributed by atoms with van der Waals surface area (Å²) in [5, 5.41) is 0. The smallest absolute Gasteiger partial charge is 0.167 e. The average Bonchev–Trinajstić information content (AvgIpc) is 2.39. The fraction of sp³-hybridized carbons (Fsp3) is 0.133. The minimum atomic E-state index is -0.523. The largest absolute Gasteiger partial charge is 0.494 e. The highest BCUT2D eigenvalue weighted by Gasteiger charge is 2.11. The number of ketones is 1. The zero-order valence-electron chi connectivity index (χ0n) is 10.3. The Morgan fingerprint density at radius 3 is 2.63 bits per heavy atom. The molecule has 2 aromatic carbocycles. The highest BCUT2D eigenvalue weighted by atomic mass is 19.1. The number of Topliss-reactive ketones (excluding diaryl/α,β-unsaturated/α-hetero) is 1. The summed E-state index contributed by atoms with van der Waals surface area (Å²) >= 11 is 0. The van der Waals surface area contributed by atoms with Crippen LogP contribution in [0.3, 0.4) is 0 Å². The van der Waals surface area contributed by atoms with Crippen LogP contribution in [0.5, 0.6) is 5.75 Å². The third kappa shape index (κ3) is 3.16. The molecule has 0 N–H and O–H groups in total. The SMILES string of the molecule is COc1cc(C(=O)Cc2cccc(F)c2)ccc1F. The van der Waals surface area contributed by atoms with E-state index in [1.165, 1.54) is 37.4 Å². The normalized spacial score (nSPS) is 10.3. The molecule has 0 aliphatic heterocycles. The van der Waals surface area contributed by atoms with E-state index in [-0.39, 0.29) is 23.8 Å². The summed E-state index contributed by atoms with van der Waals surface area (Å²) in [6, 6.07) is 9.74. The van der Waals surface area contributed by atoms with Crippen LogP contribution in [-0.4, -0.2) is 12.9 Å². The molecule has 0 aliphatic carbocycles. The molecular formula is C15H12F2O2. The predicted molar refractivity (Wildman–Crippen MR) is 67.4 cm³/mol. The summed E-state index contributed by atoms with van der Waals surface area (Å²) in [5.41, 5.74) is 0.913. The van der Waals surface area contributed by atoms with Gasteiger partial charge in [-0.15, -0.1) is 0 Å². The molecule has 0 heterocycles. The lowest BCUT2D eigenvalue weighted by Gasteiger charge is -2.05. The summed E-state index contributed by atoms with van der Waals surface area (Å²) < 4.78 is 31.1. The quantitative estimate of drug-likeness (QED) is 0.789. The molecule has 0 saturated heterocycles. The van der Waals surface area contributed by atoms with Crippen molar-refractivity contribution in [1.82, 2.24) is 0 Å². The molecule has 98 valence electrons. The molecule has 0 spiro atoms. The molecule has 0 aliphatic rings. The van der Waals surface area contributed by atoms with Gasteiger partial charge >= 0.3 is 0 Å². The summed E-state index contributed by atoms with van der Waals surface area (Å²) in [7, 11) is 1.33. The Balaban J connectivity index is 2.20. The monoisotopic (exact) mass is 262 g/mol. The first-order chi connectivity index (χ1) is 9.10. The van der Waals surface area contributed by atoms with Gasteiger partial charge in [-0.3, -0.25) is 4.79 Å². The van der Waals surface area contributed by atoms with Gasteiger partial charge in [0.2, 0.25) is 0 Å². The fourth-order valence-corrected chi connectivity index (χ4v) is 1.77. The second-order valence-corrected chi connectivity index (χ2v) is 4.08. The maximum absolute atomic E-state index is 13.2. The summed E-state index contributed by atoms with van der Waals surface area (Å²) in [5.74, 6) is -1.11.